The molecule has 1 rings (SSSR count). The topological polar surface area (TPSA) is 78.0 Å². The average molecular weight is 211 g/mol. The number of aromatic nitrogens is 2. The zero-order valence-electron chi connectivity index (χ0n) is 9.08. The summed E-state index contributed by atoms with van der Waals surface area (Å²) in [5.41, 5.74) is 1.24. The van der Waals surface area contributed by atoms with Gasteiger partial charge in [-0.1, -0.05) is 6.92 Å². The highest BCUT2D eigenvalue weighted by molar-refractivity contribution is 5.92. The Balaban J connectivity index is 2.31. The number of aryl methyl sites for hydroxylation is 1. The number of aliphatic hydroxyl groups is 1. The second-order valence-corrected chi connectivity index (χ2v) is 3.54. The van der Waals surface area contributed by atoms with Crippen LogP contribution in [0.2, 0.25) is 0 Å². The van der Waals surface area contributed by atoms with Gasteiger partial charge in [-0.15, -0.1) is 0 Å². The van der Waals surface area contributed by atoms with Crippen LogP contribution in [-0.2, 0) is 0 Å². The molecule has 0 saturated heterocycles. The monoisotopic (exact) mass is 211 g/mol. The lowest BCUT2D eigenvalue weighted by atomic mass is 10.2. The van der Waals surface area contributed by atoms with E-state index in [-0.39, 0.29) is 12.0 Å². The van der Waals surface area contributed by atoms with Gasteiger partial charge in [0.05, 0.1) is 6.10 Å². The summed E-state index contributed by atoms with van der Waals surface area (Å²) in [5.74, 6) is -0.206. The maximum atomic E-state index is 11.5. The van der Waals surface area contributed by atoms with Crippen molar-refractivity contribution in [3.63, 3.8) is 0 Å². The molecule has 0 aromatic carbocycles. The zero-order valence-corrected chi connectivity index (χ0v) is 9.08. The number of nitrogens with zero attached hydrogens (tertiary/aromatic N) is 1. The summed E-state index contributed by atoms with van der Waals surface area (Å²) < 4.78 is 0. The van der Waals surface area contributed by atoms with Gasteiger partial charge in [0, 0.05) is 12.2 Å². The molecule has 0 bridgehead atoms. The lowest BCUT2D eigenvalue weighted by Gasteiger charge is -2.07. The molecule has 1 heterocycles. The first kappa shape index (κ1) is 11.7. The van der Waals surface area contributed by atoms with Gasteiger partial charge in [-0.25, -0.2) is 0 Å². The Morgan fingerprint density at radius 3 is 3.00 bits per heavy atom. The number of carbonyl (C=O) groups excluding carboxylic acids is 1. The van der Waals surface area contributed by atoms with Crippen molar-refractivity contribution >= 4 is 5.91 Å². The molecule has 1 unspecified atom stereocenters. The highest BCUT2D eigenvalue weighted by Crippen LogP contribution is 1.98. The first-order chi connectivity index (χ1) is 7.13. The largest absolute Gasteiger partial charge is 0.393 e. The first-order valence-electron chi connectivity index (χ1n) is 5.11. The van der Waals surface area contributed by atoms with E-state index in [9.17, 15) is 9.90 Å². The molecule has 0 aliphatic rings. The average Bonchev–Trinajstić information content (AvgIpc) is 2.64. The van der Waals surface area contributed by atoms with Gasteiger partial charge in [-0.2, -0.15) is 5.10 Å². The second-order valence-electron chi connectivity index (χ2n) is 3.54. The van der Waals surface area contributed by atoms with Gasteiger partial charge in [0.1, 0.15) is 5.69 Å². The molecule has 0 spiro atoms. The maximum absolute atomic E-state index is 11.5. The smallest absolute Gasteiger partial charge is 0.271 e. The number of carbonyl (C=O) groups is 1. The van der Waals surface area contributed by atoms with E-state index in [2.05, 4.69) is 15.5 Å². The number of aliphatic hydroxyl groups excluding tert-OH is 1. The quantitative estimate of drug-likeness (QED) is 0.667. The molecule has 0 aliphatic heterocycles. The number of rotatable bonds is 5. The summed E-state index contributed by atoms with van der Waals surface area (Å²) in [6.45, 7) is 4.22. The molecular formula is C10H17N3O2. The van der Waals surface area contributed by atoms with Gasteiger partial charge >= 0.3 is 0 Å². The standard InChI is InChI=1S/C10H17N3O2/c1-3-8(14)4-5-11-10(15)9-6-7(2)12-13-9/h6,8,14H,3-5H2,1-2H3,(H,11,15)(H,12,13). The summed E-state index contributed by atoms with van der Waals surface area (Å²) >= 11 is 0. The highest BCUT2D eigenvalue weighted by atomic mass is 16.3. The number of amides is 1. The van der Waals surface area contributed by atoms with Crippen LogP contribution < -0.4 is 5.32 Å². The molecule has 0 fully saturated rings. The molecule has 0 saturated carbocycles. The van der Waals surface area contributed by atoms with Crippen LogP contribution >= 0.6 is 0 Å². The molecule has 15 heavy (non-hydrogen) atoms. The Bertz CT molecular complexity index is 322. The number of H-pyrrole nitrogens is 1. The molecule has 3 N–H and O–H groups in total. The molecule has 1 aromatic heterocycles. The normalized spacial score (nSPS) is 12.5. The summed E-state index contributed by atoms with van der Waals surface area (Å²) in [6.07, 6.45) is 0.939. The van der Waals surface area contributed by atoms with Crippen molar-refractivity contribution in [2.24, 2.45) is 0 Å². The maximum Gasteiger partial charge on any atom is 0.271 e. The van der Waals surface area contributed by atoms with Crippen molar-refractivity contribution in [2.75, 3.05) is 6.54 Å². The van der Waals surface area contributed by atoms with Crippen molar-refractivity contribution in [3.05, 3.63) is 17.5 Å². The number of nitrogens with one attached hydrogen (secondary N) is 2. The molecule has 1 atom stereocenters. The Labute approximate surface area is 88.9 Å². The molecule has 0 radical (unpaired) electrons. The van der Waals surface area contributed by atoms with Crippen LogP contribution in [0.4, 0.5) is 0 Å². The molecule has 84 valence electrons. The van der Waals surface area contributed by atoms with Crippen molar-refractivity contribution < 1.29 is 9.90 Å². The number of hydrogen-bond acceptors (Lipinski definition) is 3. The molecule has 1 aromatic rings. The zero-order chi connectivity index (χ0) is 11.3. The predicted molar refractivity (Wildman–Crippen MR) is 56.6 cm³/mol. The lowest BCUT2D eigenvalue weighted by Crippen LogP contribution is -2.27. The highest BCUT2D eigenvalue weighted by Gasteiger charge is 2.08. The van der Waals surface area contributed by atoms with E-state index in [0.717, 1.165) is 5.69 Å². The van der Waals surface area contributed by atoms with Crippen LogP contribution in [0, 0.1) is 6.92 Å². The van der Waals surface area contributed by atoms with Gasteiger partial charge in [0.2, 0.25) is 0 Å². The molecule has 5 heteroatoms. The van der Waals surface area contributed by atoms with Crippen molar-refractivity contribution in [2.45, 2.75) is 32.8 Å². The van der Waals surface area contributed by atoms with Crippen LogP contribution in [0.5, 0.6) is 0 Å². The van der Waals surface area contributed by atoms with E-state index >= 15 is 0 Å². The van der Waals surface area contributed by atoms with Crippen LogP contribution in [0.3, 0.4) is 0 Å². The van der Waals surface area contributed by atoms with Gasteiger partial charge in [0.15, 0.2) is 0 Å². The van der Waals surface area contributed by atoms with Crippen molar-refractivity contribution in [3.8, 4) is 0 Å². The van der Waals surface area contributed by atoms with E-state index in [1.807, 2.05) is 13.8 Å². The van der Waals surface area contributed by atoms with Crippen molar-refractivity contribution in [1.29, 1.82) is 0 Å². The molecular weight excluding hydrogens is 194 g/mol. The Morgan fingerprint density at radius 2 is 2.47 bits per heavy atom. The van der Waals surface area contributed by atoms with Gasteiger partial charge < -0.3 is 10.4 Å². The van der Waals surface area contributed by atoms with Crippen LogP contribution in [0.25, 0.3) is 0 Å². The Hall–Kier alpha value is -1.36. The third kappa shape index (κ3) is 3.71. The second kappa shape index (κ2) is 5.50. The minimum atomic E-state index is -0.341. The van der Waals surface area contributed by atoms with Crippen molar-refractivity contribution in [1.82, 2.24) is 15.5 Å². The fraction of sp³-hybridized carbons (Fsp3) is 0.600. The minimum Gasteiger partial charge on any atom is -0.393 e. The fourth-order valence-electron chi connectivity index (χ4n) is 1.18. The molecule has 0 aliphatic carbocycles. The van der Waals surface area contributed by atoms with E-state index in [1.54, 1.807) is 6.07 Å². The molecule has 1 amide bonds. The van der Waals surface area contributed by atoms with Crippen LogP contribution in [-0.4, -0.2) is 33.9 Å². The van der Waals surface area contributed by atoms with Crippen LogP contribution in [0.15, 0.2) is 6.07 Å². The van der Waals surface area contributed by atoms with Gasteiger partial charge in [-0.05, 0) is 25.8 Å². The number of aromatic amines is 1. The van der Waals surface area contributed by atoms with E-state index < -0.39 is 0 Å². The minimum absolute atomic E-state index is 0.206. The third-order valence-corrected chi connectivity index (χ3v) is 2.17. The van der Waals surface area contributed by atoms with Crippen LogP contribution in [0.1, 0.15) is 35.9 Å². The molecule has 5 nitrogen and oxygen atoms in total. The van der Waals surface area contributed by atoms with Gasteiger partial charge in [-0.3, -0.25) is 9.89 Å². The lowest BCUT2D eigenvalue weighted by molar-refractivity contribution is 0.0937. The summed E-state index contributed by atoms with van der Waals surface area (Å²) in [7, 11) is 0. The van der Waals surface area contributed by atoms with E-state index in [0.29, 0.717) is 25.1 Å². The van der Waals surface area contributed by atoms with E-state index in [4.69, 9.17) is 0 Å². The summed E-state index contributed by atoms with van der Waals surface area (Å²) in [5, 5.41) is 18.5. The predicted octanol–water partition coefficient (Wildman–Crippen LogP) is 0.609. The SMILES string of the molecule is CCC(O)CCNC(=O)c1cc(C)[nH]n1. The first-order valence-corrected chi connectivity index (χ1v) is 5.11. The third-order valence-electron chi connectivity index (χ3n) is 2.17. The Kier molecular flexibility index (Phi) is 4.30. The summed E-state index contributed by atoms with van der Waals surface area (Å²) in [4.78, 5) is 11.5. The van der Waals surface area contributed by atoms with Gasteiger partial charge in [0.25, 0.3) is 5.91 Å². The number of hydrogen-bond donors (Lipinski definition) is 3. The summed E-state index contributed by atoms with van der Waals surface area (Å²) in [6, 6.07) is 1.69. The van der Waals surface area contributed by atoms with E-state index in [1.165, 1.54) is 0 Å². The fourth-order valence-corrected chi connectivity index (χ4v) is 1.18. The Morgan fingerprint density at radius 1 is 1.73 bits per heavy atom.